The SMILES string of the molecule is CCC(CC)c1noc(N)c1-c1ccc(Br)cc1. The van der Waals surface area contributed by atoms with Gasteiger partial charge in [-0.25, -0.2) is 0 Å². The van der Waals surface area contributed by atoms with Crippen molar-refractivity contribution in [3.8, 4) is 11.1 Å². The van der Waals surface area contributed by atoms with Crippen LogP contribution in [0.4, 0.5) is 5.88 Å². The van der Waals surface area contributed by atoms with Crippen molar-refractivity contribution >= 4 is 21.8 Å². The van der Waals surface area contributed by atoms with Crippen LogP contribution in [0.15, 0.2) is 33.3 Å². The molecule has 0 aliphatic rings. The molecule has 0 unspecified atom stereocenters. The Hall–Kier alpha value is -1.29. The van der Waals surface area contributed by atoms with Gasteiger partial charge in [0.05, 0.1) is 11.3 Å². The van der Waals surface area contributed by atoms with E-state index >= 15 is 0 Å². The minimum Gasteiger partial charge on any atom is -0.367 e. The van der Waals surface area contributed by atoms with Crippen LogP contribution in [0.2, 0.25) is 0 Å². The molecule has 96 valence electrons. The topological polar surface area (TPSA) is 52.0 Å². The third-order valence-electron chi connectivity index (χ3n) is 3.25. The summed E-state index contributed by atoms with van der Waals surface area (Å²) in [7, 11) is 0. The van der Waals surface area contributed by atoms with Crippen molar-refractivity contribution in [1.82, 2.24) is 5.16 Å². The van der Waals surface area contributed by atoms with E-state index in [1.165, 1.54) is 0 Å². The lowest BCUT2D eigenvalue weighted by molar-refractivity contribution is 0.416. The molecule has 1 aromatic heterocycles. The van der Waals surface area contributed by atoms with E-state index in [0.717, 1.165) is 34.1 Å². The second kappa shape index (κ2) is 5.57. The Morgan fingerprint density at radius 3 is 2.39 bits per heavy atom. The van der Waals surface area contributed by atoms with Crippen LogP contribution in [0.3, 0.4) is 0 Å². The van der Waals surface area contributed by atoms with Crippen molar-refractivity contribution in [3.63, 3.8) is 0 Å². The molecule has 0 spiro atoms. The Balaban J connectivity index is 2.49. The van der Waals surface area contributed by atoms with Crippen LogP contribution in [0.1, 0.15) is 38.3 Å². The van der Waals surface area contributed by atoms with Gasteiger partial charge in [0.15, 0.2) is 0 Å². The summed E-state index contributed by atoms with van der Waals surface area (Å²) in [6.45, 7) is 4.31. The van der Waals surface area contributed by atoms with E-state index in [1.807, 2.05) is 24.3 Å². The molecular weight excluding hydrogens is 292 g/mol. The Morgan fingerprint density at radius 2 is 1.83 bits per heavy atom. The van der Waals surface area contributed by atoms with Crippen LogP contribution >= 0.6 is 15.9 Å². The van der Waals surface area contributed by atoms with Gasteiger partial charge >= 0.3 is 0 Å². The van der Waals surface area contributed by atoms with Gasteiger partial charge in [-0.3, -0.25) is 0 Å². The molecule has 0 aliphatic carbocycles. The zero-order valence-electron chi connectivity index (χ0n) is 10.6. The maximum atomic E-state index is 5.92. The first-order valence-corrected chi connectivity index (χ1v) is 6.97. The van der Waals surface area contributed by atoms with E-state index in [0.29, 0.717) is 11.8 Å². The number of aromatic nitrogens is 1. The van der Waals surface area contributed by atoms with Crippen molar-refractivity contribution in [2.75, 3.05) is 5.73 Å². The number of anilines is 1. The van der Waals surface area contributed by atoms with E-state index in [9.17, 15) is 0 Å². The van der Waals surface area contributed by atoms with Gasteiger partial charge in [0.1, 0.15) is 0 Å². The third-order valence-corrected chi connectivity index (χ3v) is 3.78. The molecule has 0 saturated heterocycles. The average Bonchev–Trinajstić information content (AvgIpc) is 2.74. The molecule has 18 heavy (non-hydrogen) atoms. The van der Waals surface area contributed by atoms with Crippen molar-refractivity contribution < 1.29 is 4.52 Å². The summed E-state index contributed by atoms with van der Waals surface area (Å²) < 4.78 is 6.23. The van der Waals surface area contributed by atoms with E-state index in [1.54, 1.807) is 0 Å². The highest BCUT2D eigenvalue weighted by molar-refractivity contribution is 9.10. The standard InChI is InChI=1S/C14H17BrN2O/c1-3-9(4-2)13-12(14(16)18-17-13)10-5-7-11(15)8-6-10/h5-9H,3-4,16H2,1-2H3. The smallest absolute Gasteiger partial charge is 0.230 e. The van der Waals surface area contributed by atoms with Crippen LogP contribution in [0.25, 0.3) is 11.1 Å². The van der Waals surface area contributed by atoms with Gasteiger partial charge in [-0.15, -0.1) is 0 Å². The molecule has 3 nitrogen and oxygen atoms in total. The van der Waals surface area contributed by atoms with Crippen LogP contribution < -0.4 is 5.73 Å². The molecule has 2 N–H and O–H groups in total. The lowest BCUT2D eigenvalue weighted by atomic mass is 9.93. The lowest BCUT2D eigenvalue weighted by Crippen LogP contribution is -1.98. The zero-order chi connectivity index (χ0) is 13.1. The van der Waals surface area contributed by atoms with Crippen molar-refractivity contribution in [1.29, 1.82) is 0 Å². The number of nitrogen functional groups attached to an aromatic ring is 1. The molecule has 0 amide bonds. The van der Waals surface area contributed by atoms with Gasteiger partial charge in [-0.1, -0.05) is 47.1 Å². The second-order valence-corrected chi connectivity index (χ2v) is 5.24. The Kier molecular flexibility index (Phi) is 4.07. The Morgan fingerprint density at radius 1 is 1.22 bits per heavy atom. The van der Waals surface area contributed by atoms with Crippen molar-refractivity contribution in [3.05, 3.63) is 34.4 Å². The largest absolute Gasteiger partial charge is 0.367 e. The summed E-state index contributed by atoms with van der Waals surface area (Å²) in [5.74, 6) is 0.795. The monoisotopic (exact) mass is 308 g/mol. The van der Waals surface area contributed by atoms with Gasteiger partial charge in [-0.2, -0.15) is 0 Å². The number of hydrogen-bond acceptors (Lipinski definition) is 3. The predicted molar refractivity (Wildman–Crippen MR) is 77.4 cm³/mol. The summed E-state index contributed by atoms with van der Waals surface area (Å²) in [5.41, 5.74) is 8.89. The molecule has 1 aromatic carbocycles. The van der Waals surface area contributed by atoms with E-state index in [4.69, 9.17) is 10.3 Å². The number of nitrogens with two attached hydrogens (primary N) is 1. The fourth-order valence-corrected chi connectivity index (χ4v) is 2.44. The predicted octanol–water partition coefficient (Wildman–Crippen LogP) is 4.59. The highest BCUT2D eigenvalue weighted by atomic mass is 79.9. The van der Waals surface area contributed by atoms with Crippen LogP contribution in [0.5, 0.6) is 0 Å². The normalized spacial score (nSPS) is 11.1. The molecule has 0 bridgehead atoms. The lowest BCUT2D eigenvalue weighted by Gasteiger charge is -2.11. The fourth-order valence-electron chi connectivity index (χ4n) is 2.18. The summed E-state index contributed by atoms with van der Waals surface area (Å²) >= 11 is 3.43. The van der Waals surface area contributed by atoms with E-state index in [2.05, 4.69) is 34.9 Å². The minimum atomic E-state index is 0.393. The van der Waals surface area contributed by atoms with Gasteiger partial charge in [0.25, 0.3) is 0 Å². The van der Waals surface area contributed by atoms with Gasteiger partial charge in [0.2, 0.25) is 5.88 Å². The molecule has 0 fully saturated rings. The highest BCUT2D eigenvalue weighted by Gasteiger charge is 2.21. The van der Waals surface area contributed by atoms with Crippen LogP contribution in [-0.2, 0) is 0 Å². The Bertz CT molecular complexity index is 515. The first kappa shape index (κ1) is 13.1. The molecule has 0 aliphatic heterocycles. The van der Waals surface area contributed by atoms with E-state index < -0.39 is 0 Å². The molecular formula is C14H17BrN2O. The quantitative estimate of drug-likeness (QED) is 0.898. The van der Waals surface area contributed by atoms with Gasteiger partial charge in [-0.05, 0) is 30.5 Å². The van der Waals surface area contributed by atoms with E-state index in [-0.39, 0.29) is 0 Å². The maximum absolute atomic E-state index is 5.92. The maximum Gasteiger partial charge on any atom is 0.230 e. The molecule has 2 rings (SSSR count). The molecule has 1 heterocycles. The minimum absolute atomic E-state index is 0.393. The molecule has 0 saturated carbocycles. The third kappa shape index (κ3) is 2.43. The molecule has 0 atom stereocenters. The second-order valence-electron chi connectivity index (χ2n) is 4.33. The molecule has 2 aromatic rings. The summed E-state index contributed by atoms with van der Waals surface area (Å²) in [5, 5.41) is 4.14. The number of benzene rings is 1. The first-order chi connectivity index (χ1) is 8.67. The first-order valence-electron chi connectivity index (χ1n) is 6.18. The van der Waals surface area contributed by atoms with Crippen molar-refractivity contribution in [2.45, 2.75) is 32.6 Å². The van der Waals surface area contributed by atoms with Crippen molar-refractivity contribution in [2.24, 2.45) is 0 Å². The van der Waals surface area contributed by atoms with Gasteiger partial charge in [0, 0.05) is 10.4 Å². The van der Waals surface area contributed by atoms with Crippen LogP contribution in [0, 0.1) is 0 Å². The van der Waals surface area contributed by atoms with Gasteiger partial charge < -0.3 is 10.3 Å². The average molecular weight is 309 g/mol. The number of rotatable bonds is 4. The fraction of sp³-hybridized carbons (Fsp3) is 0.357. The Labute approximate surface area is 115 Å². The number of hydrogen-bond donors (Lipinski definition) is 1. The summed E-state index contributed by atoms with van der Waals surface area (Å²) in [6, 6.07) is 8.05. The zero-order valence-corrected chi connectivity index (χ0v) is 12.2. The highest BCUT2D eigenvalue weighted by Crippen LogP contribution is 2.36. The molecule has 4 heteroatoms. The van der Waals surface area contributed by atoms with Crippen LogP contribution in [-0.4, -0.2) is 5.16 Å². The summed E-state index contributed by atoms with van der Waals surface area (Å²) in [4.78, 5) is 0. The molecule has 0 radical (unpaired) electrons. The number of nitrogens with zero attached hydrogens (tertiary/aromatic N) is 1. The summed E-state index contributed by atoms with van der Waals surface area (Å²) in [6.07, 6.45) is 2.07. The number of halogens is 1.